The minimum atomic E-state index is -0.833. The smallest absolute Gasteiger partial charge is 0.300 e. The van der Waals surface area contributed by atoms with Crippen LogP contribution in [-0.4, -0.2) is 63.3 Å². The van der Waals surface area contributed by atoms with E-state index in [2.05, 4.69) is 4.90 Å². The first kappa shape index (κ1) is 26.3. The van der Waals surface area contributed by atoms with Crippen LogP contribution in [-0.2, 0) is 27.5 Å². The summed E-state index contributed by atoms with van der Waals surface area (Å²) in [5, 5.41) is 22.4. The molecule has 3 rings (SSSR count). The number of carbonyl (C=O) groups excluding carboxylic acids is 1. The predicted octanol–water partition coefficient (Wildman–Crippen LogP) is 2.00. The van der Waals surface area contributed by atoms with Crippen LogP contribution in [0.1, 0.15) is 30.5 Å². The van der Waals surface area contributed by atoms with E-state index in [1.807, 2.05) is 59.5 Å². The van der Waals surface area contributed by atoms with Gasteiger partial charge in [0.2, 0.25) is 5.91 Å². The maximum atomic E-state index is 12.4. The third kappa shape index (κ3) is 10.9. The quantitative estimate of drug-likeness (QED) is 0.409. The van der Waals surface area contributed by atoms with E-state index in [0.717, 1.165) is 43.6 Å². The molecule has 1 saturated heterocycles. The van der Waals surface area contributed by atoms with E-state index in [4.69, 9.17) is 30.9 Å². The van der Waals surface area contributed by atoms with Crippen molar-refractivity contribution in [1.82, 2.24) is 9.80 Å². The average molecular weight is 443 g/mol. The number of nitrogens with zero attached hydrogens (tertiary/aromatic N) is 2. The van der Waals surface area contributed by atoms with E-state index < -0.39 is 11.9 Å². The summed E-state index contributed by atoms with van der Waals surface area (Å²) < 4.78 is 0. The average Bonchev–Trinajstić information content (AvgIpc) is 2.70. The molecule has 0 aromatic heterocycles. The molecule has 0 bridgehead atoms. The largest absolute Gasteiger partial charge is 0.481 e. The lowest BCUT2D eigenvalue weighted by Crippen LogP contribution is -2.49. The monoisotopic (exact) mass is 442 g/mol. The Morgan fingerprint density at radius 2 is 1.50 bits per heavy atom. The molecule has 32 heavy (non-hydrogen) atoms. The SMILES string of the molecule is CC(=O)O.CC(=O)O.N=C(N)c1cccc(CN2CCN(Cc3ccccc3)C(=O)C2)c1. The van der Waals surface area contributed by atoms with Gasteiger partial charge in [-0.3, -0.25) is 24.7 Å². The summed E-state index contributed by atoms with van der Waals surface area (Å²) in [6.45, 7) is 5.56. The van der Waals surface area contributed by atoms with E-state index in [9.17, 15) is 4.79 Å². The van der Waals surface area contributed by atoms with E-state index in [1.165, 1.54) is 0 Å². The lowest BCUT2D eigenvalue weighted by molar-refractivity contribution is -0.137. The Labute approximate surface area is 187 Å². The standard InChI is InChI=1S/C19H22N4O.2C2H4O2/c20-19(21)17-8-4-7-16(11-17)12-22-9-10-23(18(24)14-22)13-15-5-2-1-3-6-15;2*1-2(3)4/h1-8,11H,9-10,12-14H2,(H3,20,21);2*1H3,(H,3,4). The second-order valence-electron chi connectivity index (χ2n) is 7.16. The van der Waals surface area contributed by atoms with Crippen LogP contribution in [0.2, 0.25) is 0 Å². The highest BCUT2D eigenvalue weighted by Crippen LogP contribution is 2.13. The Kier molecular flexibility index (Phi) is 11.1. The van der Waals surface area contributed by atoms with Crippen LogP contribution in [0, 0.1) is 5.41 Å². The van der Waals surface area contributed by atoms with E-state index >= 15 is 0 Å². The molecule has 0 saturated carbocycles. The number of piperazine rings is 1. The molecule has 1 fully saturated rings. The van der Waals surface area contributed by atoms with Crippen molar-refractivity contribution in [3.05, 3.63) is 71.3 Å². The number of carboxylic acid groups (broad SMARTS) is 2. The third-order valence-corrected chi connectivity index (χ3v) is 4.26. The molecule has 5 N–H and O–H groups in total. The molecule has 2 aromatic carbocycles. The van der Waals surface area contributed by atoms with E-state index in [1.54, 1.807) is 0 Å². The van der Waals surface area contributed by atoms with Crippen LogP contribution < -0.4 is 5.73 Å². The van der Waals surface area contributed by atoms with Gasteiger partial charge in [0.05, 0.1) is 6.54 Å². The number of amidine groups is 1. The molecule has 9 nitrogen and oxygen atoms in total. The number of carboxylic acids is 2. The number of nitrogens with two attached hydrogens (primary N) is 1. The molecule has 0 aliphatic carbocycles. The summed E-state index contributed by atoms with van der Waals surface area (Å²) in [5.74, 6) is -1.44. The molecule has 1 amide bonds. The number of rotatable bonds is 5. The van der Waals surface area contributed by atoms with Gasteiger partial charge in [0.15, 0.2) is 0 Å². The molecule has 0 unspecified atom stereocenters. The molecule has 1 heterocycles. The number of aliphatic carboxylic acids is 2. The molecule has 172 valence electrons. The van der Waals surface area contributed by atoms with Crippen LogP contribution in [0.15, 0.2) is 54.6 Å². The second kappa shape index (κ2) is 13.6. The van der Waals surface area contributed by atoms with Gasteiger partial charge in [-0.2, -0.15) is 0 Å². The summed E-state index contributed by atoms with van der Waals surface area (Å²) in [6.07, 6.45) is 0. The highest BCUT2D eigenvalue weighted by Gasteiger charge is 2.23. The molecule has 1 aliphatic rings. The minimum Gasteiger partial charge on any atom is -0.481 e. The van der Waals surface area contributed by atoms with Crippen LogP contribution in [0.25, 0.3) is 0 Å². The van der Waals surface area contributed by atoms with Crippen molar-refractivity contribution in [3.8, 4) is 0 Å². The number of benzene rings is 2. The van der Waals surface area contributed by atoms with Gasteiger partial charge in [-0.15, -0.1) is 0 Å². The van der Waals surface area contributed by atoms with Crippen molar-refractivity contribution < 1.29 is 24.6 Å². The van der Waals surface area contributed by atoms with Crippen molar-refractivity contribution in [2.45, 2.75) is 26.9 Å². The van der Waals surface area contributed by atoms with Gasteiger partial charge in [0.25, 0.3) is 11.9 Å². The van der Waals surface area contributed by atoms with E-state index in [-0.39, 0.29) is 11.7 Å². The summed E-state index contributed by atoms with van der Waals surface area (Å²) in [7, 11) is 0. The maximum absolute atomic E-state index is 12.4. The third-order valence-electron chi connectivity index (χ3n) is 4.26. The molecule has 2 aromatic rings. The highest BCUT2D eigenvalue weighted by molar-refractivity contribution is 5.95. The summed E-state index contributed by atoms with van der Waals surface area (Å²) in [6, 6.07) is 17.7. The number of amides is 1. The lowest BCUT2D eigenvalue weighted by atomic mass is 10.1. The summed E-state index contributed by atoms with van der Waals surface area (Å²) >= 11 is 0. The highest BCUT2D eigenvalue weighted by atomic mass is 16.4. The lowest BCUT2D eigenvalue weighted by Gasteiger charge is -2.34. The van der Waals surface area contributed by atoms with Crippen LogP contribution >= 0.6 is 0 Å². The van der Waals surface area contributed by atoms with Gasteiger partial charge in [-0.25, -0.2) is 0 Å². The number of nitrogens with one attached hydrogen (secondary N) is 1. The van der Waals surface area contributed by atoms with Gasteiger partial charge >= 0.3 is 0 Å². The molecule has 1 aliphatic heterocycles. The molecular formula is C23H30N4O5. The normalized spacial score (nSPS) is 13.2. The Morgan fingerprint density at radius 1 is 0.938 bits per heavy atom. The molecular weight excluding hydrogens is 412 g/mol. The van der Waals surface area contributed by atoms with Gasteiger partial charge < -0.3 is 20.8 Å². The number of nitrogen functional groups attached to an aromatic ring is 1. The fourth-order valence-corrected chi connectivity index (χ4v) is 2.96. The van der Waals surface area contributed by atoms with Crippen LogP contribution in [0.3, 0.4) is 0 Å². The first-order valence-corrected chi connectivity index (χ1v) is 9.95. The number of hydrogen-bond donors (Lipinski definition) is 4. The Bertz CT molecular complexity index is 898. The fraction of sp³-hybridized carbons (Fsp3) is 0.304. The van der Waals surface area contributed by atoms with Crippen LogP contribution in [0.4, 0.5) is 0 Å². The zero-order valence-electron chi connectivity index (χ0n) is 18.3. The minimum absolute atomic E-state index is 0.0700. The zero-order chi connectivity index (χ0) is 24.1. The summed E-state index contributed by atoms with van der Waals surface area (Å²) in [5.41, 5.74) is 8.50. The van der Waals surface area contributed by atoms with Crippen molar-refractivity contribution in [3.63, 3.8) is 0 Å². The maximum Gasteiger partial charge on any atom is 0.300 e. The van der Waals surface area contributed by atoms with Gasteiger partial charge in [0.1, 0.15) is 5.84 Å². The molecule has 0 spiro atoms. The van der Waals surface area contributed by atoms with Gasteiger partial charge in [-0.05, 0) is 17.2 Å². The first-order chi connectivity index (χ1) is 15.1. The molecule has 9 heteroatoms. The topological polar surface area (TPSA) is 148 Å². The van der Waals surface area contributed by atoms with Crippen LogP contribution in [0.5, 0.6) is 0 Å². The van der Waals surface area contributed by atoms with Gasteiger partial charge in [-0.1, -0.05) is 48.5 Å². The number of carbonyl (C=O) groups is 3. The van der Waals surface area contributed by atoms with E-state index in [0.29, 0.717) is 19.6 Å². The first-order valence-electron chi connectivity index (χ1n) is 9.95. The predicted molar refractivity (Wildman–Crippen MR) is 121 cm³/mol. The molecule has 0 atom stereocenters. The molecule has 0 radical (unpaired) electrons. The second-order valence-corrected chi connectivity index (χ2v) is 7.16. The fourth-order valence-electron chi connectivity index (χ4n) is 2.96. The van der Waals surface area contributed by atoms with Crippen molar-refractivity contribution in [2.24, 2.45) is 5.73 Å². The van der Waals surface area contributed by atoms with Gasteiger partial charge in [0, 0.05) is 45.6 Å². The Morgan fingerprint density at radius 3 is 2.03 bits per heavy atom. The van der Waals surface area contributed by atoms with Crippen molar-refractivity contribution >= 4 is 23.7 Å². The summed E-state index contributed by atoms with van der Waals surface area (Å²) in [4.78, 5) is 34.5. The Balaban J connectivity index is 0.000000554. The Hall–Kier alpha value is -3.72. The van der Waals surface area contributed by atoms with Crippen molar-refractivity contribution in [2.75, 3.05) is 19.6 Å². The zero-order valence-corrected chi connectivity index (χ0v) is 18.3. The van der Waals surface area contributed by atoms with Crippen molar-refractivity contribution in [1.29, 1.82) is 5.41 Å². The number of hydrogen-bond acceptors (Lipinski definition) is 5.